The van der Waals surface area contributed by atoms with Gasteiger partial charge in [-0.1, -0.05) is 6.92 Å². The van der Waals surface area contributed by atoms with E-state index in [9.17, 15) is 9.59 Å². The van der Waals surface area contributed by atoms with Crippen molar-refractivity contribution in [3.63, 3.8) is 0 Å². The Balaban J connectivity index is 2.51. The number of aliphatic carboxylic acids is 1. The molecule has 0 aliphatic carbocycles. The van der Waals surface area contributed by atoms with Gasteiger partial charge in [-0.25, -0.2) is 9.59 Å². The van der Waals surface area contributed by atoms with Crippen LogP contribution in [0, 0.1) is 0 Å². The number of rotatable bonds is 5. The summed E-state index contributed by atoms with van der Waals surface area (Å²) in [6, 6.07) is -1.06. The molecule has 7 nitrogen and oxygen atoms in total. The number of hydrogen-bond donors (Lipinski definition) is 2. The fraction of sp³-hybridized carbons (Fsp3) is 0.833. The molecule has 1 heterocycles. The van der Waals surface area contributed by atoms with E-state index in [4.69, 9.17) is 9.84 Å². The van der Waals surface area contributed by atoms with Gasteiger partial charge in [0.2, 0.25) is 0 Å². The maximum Gasteiger partial charge on any atom is 0.328 e. The predicted octanol–water partition coefficient (Wildman–Crippen LogP) is -0.178. The highest BCUT2D eigenvalue weighted by molar-refractivity contribution is 5.82. The first-order valence-electron chi connectivity index (χ1n) is 6.50. The summed E-state index contributed by atoms with van der Waals surface area (Å²) in [6.45, 7) is 7.11. The molecule has 1 rings (SSSR count). The zero-order valence-corrected chi connectivity index (χ0v) is 11.8. The molecule has 0 spiro atoms. The number of nitrogens with zero attached hydrogens (tertiary/aromatic N) is 2. The summed E-state index contributed by atoms with van der Waals surface area (Å²) in [7, 11) is 1.41. The maximum atomic E-state index is 12.0. The third kappa shape index (κ3) is 4.36. The van der Waals surface area contributed by atoms with Gasteiger partial charge in [0.1, 0.15) is 0 Å². The molecule has 1 saturated heterocycles. The summed E-state index contributed by atoms with van der Waals surface area (Å²) in [5.41, 5.74) is 0. The van der Waals surface area contributed by atoms with Crippen molar-refractivity contribution in [2.24, 2.45) is 0 Å². The number of nitrogens with one attached hydrogen (secondary N) is 1. The Morgan fingerprint density at radius 2 is 2.16 bits per heavy atom. The van der Waals surface area contributed by atoms with Gasteiger partial charge in [0.15, 0.2) is 6.04 Å². The average Bonchev–Trinajstić information content (AvgIpc) is 2.37. The number of piperazine rings is 1. The summed E-state index contributed by atoms with van der Waals surface area (Å²) in [5.74, 6) is -1.09. The van der Waals surface area contributed by atoms with Crippen molar-refractivity contribution in [1.82, 2.24) is 15.1 Å². The first kappa shape index (κ1) is 15.7. The smallest absolute Gasteiger partial charge is 0.328 e. The van der Waals surface area contributed by atoms with E-state index in [2.05, 4.69) is 24.1 Å². The summed E-state index contributed by atoms with van der Waals surface area (Å²) in [4.78, 5) is 26.9. The molecule has 19 heavy (non-hydrogen) atoms. The van der Waals surface area contributed by atoms with Crippen LogP contribution < -0.4 is 5.32 Å². The lowest BCUT2D eigenvalue weighted by Gasteiger charge is -2.39. The molecule has 110 valence electrons. The third-order valence-corrected chi connectivity index (χ3v) is 3.39. The molecule has 2 amide bonds. The van der Waals surface area contributed by atoms with Crippen molar-refractivity contribution >= 4 is 12.0 Å². The molecule has 0 aromatic rings. The zero-order valence-electron chi connectivity index (χ0n) is 11.8. The van der Waals surface area contributed by atoms with E-state index in [0.717, 1.165) is 13.1 Å². The van der Waals surface area contributed by atoms with Crippen molar-refractivity contribution in [2.75, 3.05) is 39.9 Å². The number of methoxy groups -OCH3 is 1. The Morgan fingerprint density at radius 3 is 2.63 bits per heavy atom. The van der Waals surface area contributed by atoms with Gasteiger partial charge in [-0.15, -0.1) is 0 Å². The highest BCUT2D eigenvalue weighted by Crippen LogP contribution is 2.09. The van der Waals surface area contributed by atoms with Gasteiger partial charge in [0.05, 0.1) is 6.61 Å². The molecule has 0 saturated carbocycles. The second-order valence-corrected chi connectivity index (χ2v) is 4.72. The minimum atomic E-state index is -1.09. The van der Waals surface area contributed by atoms with Crippen molar-refractivity contribution in [3.05, 3.63) is 0 Å². The van der Waals surface area contributed by atoms with E-state index in [1.54, 1.807) is 4.90 Å². The van der Waals surface area contributed by atoms with Crippen molar-refractivity contribution in [2.45, 2.75) is 25.9 Å². The molecule has 0 aromatic heterocycles. The van der Waals surface area contributed by atoms with Crippen LogP contribution >= 0.6 is 0 Å². The molecule has 0 bridgehead atoms. The highest BCUT2D eigenvalue weighted by atomic mass is 16.5. The van der Waals surface area contributed by atoms with Crippen LogP contribution in [-0.2, 0) is 9.53 Å². The van der Waals surface area contributed by atoms with Crippen LogP contribution in [0.1, 0.15) is 13.8 Å². The van der Waals surface area contributed by atoms with E-state index < -0.39 is 12.0 Å². The number of carbonyl (C=O) groups excluding carboxylic acids is 1. The molecule has 0 radical (unpaired) electrons. The van der Waals surface area contributed by atoms with Gasteiger partial charge < -0.3 is 20.1 Å². The van der Waals surface area contributed by atoms with Crippen molar-refractivity contribution < 1.29 is 19.4 Å². The summed E-state index contributed by atoms with van der Waals surface area (Å²) in [5, 5.41) is 11.4. The summed E-state index contributed by atoms with van der Waals surface area (Å²) < 4.78 is 4.79. The first-order chi connectivity index (χ1) is 8.99. The Hall–Kier alpha value is -1.34. The minimum Gasteiger partial charge on any atom is -0.480 e. The van der Waals surface area contributed by atoms with Crippen LogP contribution in [0.2, 0.25) is 0 Å². The predicted molar refractivity (Wildman–Crippen MR) is 70.1 cm³/mol. The number of carbonyl (C=O) groups is 2. The number of urea groups is 1. The van der Waals surface area contributed by atoms with E-state index in [0.29, 0.717) is 13.1 Å². The third-order valence-electron chi connectivity index (χ3n) is 3.39. The van der Waals surface area contributed by atoms with E-state index in [-0.39, 0.29) is 18.7 Å². The SMILES string of the molecule is CCN1CCN(C(=O)NC(COC)C(=O)O)CC1C. The highest BCUT2D eigenvalue weighted by Gasteiger charge is 2.28. The van der Waals surface area contributed by atoms with E-state index >= 15 is 0 Å². The van der Waals surface area contributed by atoms with Crippen LogP contribution in [-0.4, -0.2) is 78.9 Å². The van der Waals surface area contributed by atoms with Crippen LogP contribution in [0.5, 0.6) is 0 Å². The fourth-order valence-electron chi connectivity index (χ4n) is 2.23. The molecule has 2 unspecified atom stereocenters. The molecule has 1 aliphatic heterocycles. The minimum absolute atomic E-state index is 0.0362. The van der Waals surface area contributed by atoms with Gasteiger partial charge in [-0.3, -0.25) is 4.90 Å². The van der Waals surface area contributed by atoms with Crippen molar-refractivity contribution in [3.8, 4) is 0 Å². The Kier molecular flexibility index (Phi) is 6.04. The van der Waals surface area contributed by atoms with Gasteiger partial charge in [-0.05, 0) is 13.5 Å². The molecule has 1 aliphatic rings. The number of ether oxygens (including phenoxy) is 1. The van der Waals surface area contributed by atoms with E-state index in [1.807, 2.05) is 0 Å². The van der Waals surface area contributed by atoms with Crippen LogP contribution in [0.3, 0.4) is 0 Å². The summed E-state index contributed by atoms with van der Waals surface area (Å²) >= 11 is 0. The quantitative estimate of drug-likeness (QED) is 0.726. The Bertz CT molecular complexity index is 324. The molecule has 0 aromatic carbocycles. The molecular weight excluding hydrogens is 250 g/mol. The summed E-state index contributed by atoms with van der Waals surface area (Å²) in [6.07, 6.45) is 0. The molecule has 7 heteroatoms. The molecule has 2 atom stereocenters. The lowest BCUT2D eigenvalue weighted by molar-refractivity contribution is -0.140. The Morgan fingerprint density at radius 1 is 1.47 bits per heavy atom. The number of likely N-dealkylation sites (N-methyl/N-ethyl adjacent to an activating group) is 1. The van der Waals surface area contributed by atoms with E-state index in [1.165, 1.54) is 7.11 Å². The number of hydrogen-bond acceptors (Lipinski definition) is 4. The second kappa shape index (κ2) is 7.30. The lowest BCUT2D eigenvalue weighted by Crippen LogP contribution is -2.58. The monoisotopic (exact) mass is 273 g/mol. The van der Waals surface area contributed by atoms with Crippen LogP contribution in [0.25, 0.3) is 0 Å². The van der Waals surface area contributed by atoms with Gasteiger partial charge in [0.25, 0.3) is 0 Å². The lowest BCUT2D eigenvalue weighted by atomic mass is 10.2. The van der Waals surface area contributed by atoms with Gasteiger partial charge >= 0.3 is 12.0 Å². The van der Waals surface area contributed by atoms with Gasteiger partial charge in [-0.2, -0.15) is 0 Å². The van der Waals surface area contributed by atoms with Crippen LogP contribution in [0.4, 0.5) is 4.79 Å². The standard InChI is InChI=1S/C12H23N3O4/c1-4-14-5-6-15(7-9(14)2)12(18)13-10(8-19-3)11(16)17/h9-10H,4-8H2,1-3H3,(H,13,18)(H,16,17). The van der Waals surface area contributed by atoms with Gasteiger partial charge in [0, 0.05) is 32.8 Å². The second-order valence-electron chi connectivity index (χ2n) is 4.72. The number of carboxylic acid groups (broad SMARTS) is 1. The largest absolute Gasteiger partial charge is 0.480 e. The normalized spacial score (nSPS) is 22.1. The van der Waals surface area contributed by atoms with Crippen LogP contribution in [0.15, 0.2) is 0 Å². The van der Waals surface area contributed by atoms with Crippen molar-refractivity contribution in [1.29, 1.82) is 0 Å². The molecule has 2 N–H and O–H groups in total. The molecular formula is C12H23N3O4. The average molecular weight is 273 g/mol. The fourth-order valence-corrected chi connectivity index (χ4v) is 2.23. The first-order valence-corrected chi connectivity index (χ1v) is 6.50. The maximum absolute atomic E-state index is 12.0. The zero-order chi connectivity index (χ0) is 14.4. The topological polar surface area (TPSA) is 82.1 Å². The molecule has 1 fully saturated rings. The Labute approximate surface area is 113 Å². The number of carboxylic acids is 1. The number of amides is 2.